The van der Waals surface area contributed by atoms with Crippen LogP contribution in [0.5, 0.6) is 11.5 Å². The number of aromatic nitrogens is 2. The minimum absolute atomic E-state index is 0.144. The normalized spacial score (nSPS) is 14.3. The molecular formula is C22H24N4O3. The Kier molecular flexibility index (Phi) is 5.37. The van der Waals surface area contributed by atoms with E-state index in [-0.39, 0.29) is 12.1 Å². The summed E-state index contributed by atoms with van der Waals surface area (Å²) in [4.78, 5) is 14.9. The number of urea groups is 1. The number of hydrogen-bond acceptors (Lipinski definition) is 4. The van der Waals surface area contributed by atoms with E-state index < -0.39 is 0 Å². The Bertz CT molecular complexity index is 987. The summed E-state index contributed by atoms with van der Waals surface area (Å²) in [5, 5.41) is 7.43. The summed E-state index contributed by atoms with van der Waals surface area (Å²) in [6, 6.07) is 15.2. The Labute approximate surface area is 169 Å². The van der Waals surface area contributed by atoms with Crippen LogP contribution in [0.1, 0.15) is 22.7 Å². The van der Waals surface area contributed by atoms with E-state index in [2.05, 4.69) is 10.4 Å². The molecular weight excluding hydrogens is 368 g/mol. The topological polar surface area (TPSA) is 68.6 Å². The van der Waals surface area contributed by atoms with Crippen LogP contribution in [-0.4, -0.2) is 41.0 Å². The molecule has 0 fully saturated rings. The van der Waals surface area contributed by atoms with E-state index in [1.807, 2.05) is 61.8 Å². The number of methoxy groups -OCH3 is 1. The minimum atomic E-state index is -0.281. The van der Waals surface area contributed by atoms with E-state index in [9.17, 15) is 4.79 Å². The maximum Gasteiger partial charge on any atom is 0.318 e. The van der Waals surface area contributed by atoms with Gasteiger partial charge in [0.15, 0.2) is 0 Å². The highest BCUT2D eigenvalue weighted by Crippen LogP contribution is 2.28. The number of benzene rings is 2. The molecule has 0 saturated heterocycles. The lowest BCUT2D eigenvalue weighted by Crippen LogP contribution is -2.42. The molecule has 2 heterocycles. The fraction of sp³-hybridized carbons (Fsp3) is 0.273. The van der Waals surface area contributed by atoms with Gasteiger partial charge in [-0.3, -0.25) is 4.68 Å². The van der Waals surface area contributed by atoms with Gasteiger partial charge in [0.1, 0.15) is 18.1 Å². The summed E-state index contributed by atoms with van der Waals surface area (Å²) in [5.41, 5.74) is 2.89. The lowest BCUT2D eigenvalue weighted by molar-refractivity contribution is 0.185. The number of aryl methyl sites for hydroxylation is 1. The molecule has 0 saturated carbocycles. The van der Waals surface area contributed by atoms with E-state index in [0.717, 1.165) is 28.2 Å². The van der Waals surface area contributed by atoms with Crippen molar-refractivity contribution >= 4 is 6.03 Å². The minimum Gasteiger partial charge on any atom is -0.497 e. The smallest absolute Gasteiger partial charge is 0.318 e. The van der Waals surface area contributed by atoms with Crippen LogP contribution >= 0.6 is 0 Å². The molecule has 0 spiro atoms. The molecule has 0 bridgehead atoms. The first-order valence-corrected chi connectivity index (χ1v) is 9.52. The van der Waals surface area contributed by atoms with Gasteiger partial charge in [0.25, 0.3) is 0 Å². The summed E-state index contributed by atoms with van der Waals surface area (Å²) in [7, 11) is 3.49. The predicted molar refractivity (Wildman–Crippen MR) is 109 cm³/mol. The number of fused-ring (bicyclic) bond motifs is 1. The largest absolute Gasteiger partial charge is 0.497 e. The molecule has 4 rings (SSSR count). The van der Waals surface area contributed by atoms with E-state index in [4.69, 9.17) is 9.47 Å². The zero-order valence-electron chi connectivity index (χ0n) is 16.5. The molecule has 150 valence electrons. The second-order valence-corrected chi connectivity index (χ2v) is 6.98. The first kappa shape index (κ1) is 18.9. The molecule has 2 amide bonds. The maximum atomic E-state index is 13.2. The van der Waals surface area contributed by atoms with Gasteiger partial charge in [-0.25, -0.2) is 4.79 Å². The second kappa shape index (κ2) is 8.26. The molecule has 7 nitrogen and oxygen atoms in total. The third-order valence-electron chi connectivity index (χ3n) is 5.00. The van der Waals surface area contributed by atoms with Crippen LogP contribution in [0.4, 0.5) is 4.79 Å². The van der Waals surface area contributed by atoms with Crippen LogP contribution in [0.3, 0.4) is 0 Å². The maximum absolute atomic E-state index is 13.2. The van der Waals surface area contributed by atoms with Gasteiger partial charge >= 0.3 is 6.03 Å². The monoisotopic (exact) mass is 392 g/mol. The summed E-state index contributed by atoms with van der Waals surface area (Å²) in [5.74, 6) is 1.49. The van der Waals surface area contributed by atoms with Crippen LogP contribution in [0.25, 0.3) is 0 Å². The van der Waals surface area contributed by atoms with E-state index in [0.29, 0.717) is 19.7 Å². The van der Waals surface area contributed by atoms with E-state index >= 15 is 0 Å². The number of carbonyl (C=O) groups is 1. The number of nitrogens with zero attached hydrogens (tertiary/aromatic N) is 3. The van der Waals surface area contributed by atoms with E-state index in [1.165, 1.54) is 0 Å². The van der Waals surface area contributed by atoms with Crippen molar-refractivity contribution in [2.75, 3.05) is 20.3 Å². The molecule has 1 aromatic heterocycles. The number of carbonyl (C=O) groups excluding carboxylic acids is 1. The van der Waals surface area contributed by atoms with Crippen LogP contribution in [0, 0.1) is 0 Å². The summed E-state index contributed by atoms with van der Waals surface area (Å²) >= 11 is 0. The first-order valence-electron chi connectivity index (χ1n) is 9.52. The van der Waals surface area contributed by atoms with Crippen LogP contribution in [0.2, 0.25) is 0 Å². The van der Waals surface area contributed by atoms with E-state index in [1.54, 1.807) is 22.9 Å². The quantitative estimate of drug-likeness (QED) is 0.741. The summed E-state index contributed by atoms with van der Waals surface area (Å²) < 4.78 is 12.8. The molecule has 1 aliphatic rings. The van der Waals surface area contributed by atoms with Crippen LogP contribution in [-0.2, 0) is 13.6 Å². The summed E-state index contributed by atoms with van der Waals surface area (Å²) in [6.45, 7) is 1.40. The molecule has 3 aromatic rings. The third-order valence-corrected chi connectivity index (χ3v) is 5.00. The Balaban J connectivity index is 1.55. The van der Waals surface area contributed by atoms with Crippen molar-refractivity contribution in [1.29, 1.82) is 0 Å². The standard InChI is InChI=1S/C22H24N4O3/c1-25-14-18(13-23-25)21(16-6-4-3-5-7-16)24-22(27)26-10-11-29-20-12-19(28-2)9-8-17(20)15-26/h3-9,12-14,21H,10-11,15H2,1-2H3,(H,24,27). The zero-order chi connectivity index (χ0) is 20.2. The van der Waals surface area contributed by atoms with Crippen LogP contribution in [0.15, 0.2) is 60.9 Å². The van der Waals surface area contributed by atoms with Gasteiger partial charge in [-0.1, -0.05) is 30.3 Å². The number of hydrogen-bond donors (Lipinski definition) is 1. The van der Waals surface area contributed by atoms with Gasteiger partial charge in [0.05, 0.1) is 32.4 Å². The van der Waals surface area contributed by atoms with Crippen molar-refractivity contribution in [3.8, 4) is 11.5 Å². The molecule has 1 N–H and O–H groups in total. The highest BCUT2D eigenvalue weighted by Gasteiger charge is 2.24. The van der Waals surface area contributed by atoms with Gasteiger partial charge in [-0.05, 0) is 17.7 Å². The molecule has 2 aromatic carbocycles. The predicted octanol–water partition coefficient (Wildman–Crippen LogP) is 3.12. The van der Waals surface area contributed by atoms with Gasteiger partial charge in [-0.15, -0.1) is 0 Å². The molecule has 1 aliphatic heterocycles. The van der Waals surface area contributed by atoms with Crippen molar-refractivity contribution in [2.24, 2.45) is 7.05 Å². The lowest BCUT2D eigenvalue weighted by Gasteiger charge is -2.25. The second-order valence-electron chi connectivity index (χ2n) is 6.98. The Morgan fingerprint density at radius 2 is 2.03 bits per heavy atom. The summed E-state index contributed by atoms with van der Waals surface area (Å²) in [6.07, 6.45) is 3.70. The van der Waals surface area contributed by atoms with Crippen molar-refractivity contribution in [3.63, 3.8) is 0 Å². The number of ether oxygens (including phenoxy) is 2. The van der Waals surface area contributed by atoms with Gasteiger partial charge < -0.3 is 19.7 Å². The average molecular weight is 392 g/mol. The fourth-order valence-corrected chi connectivity index (χ4v) is 3.46. The van der Waals surface area contributed by atoms with Crippen LogP contribution < -0.4 is 14.8 Å². The molecule has 1 atom stereocenters. The zero-order valence-corrected chi connectivity index (χ0v) is 16.5. The molecule has 29 heavy (non-hydrogen) atoms. The highest BCUT2D eigenvalue weighted by molar-refractivity contribution is 5.75. The van der Waals surface area contributed by atoms with Crippen molar-refractivity contribution in [2.45, 2.75) is 12.6 Å². The first-order chi connectivity index (χ1) is 14.1. The third kappa shape index (κ3) is 4.18. The van der Waals surface area contributed by atoms with Crippen molar-refractivity contribution in [1.82, 2.24) is 20.0 Å². The number of nitrogens with one attached hydrogen (secondary N) is 1. The lowest BCUT2D eigenvalue weighted by atomic mass is 10.0. The van der Waals surface area contributed by atoms with Gasteiger partial charge in [-0.2, -0.15) is 5.10 Å². The Morgan fingerprint density at radius 3 is 2.76 bits per heavy atom. The Hall–Kier alpha value is -3.48. The highest BCUT2D eigenvalue weighted by atomic mass is 16.5. The molecule has 1 unspecified atom stereocenters. The van der Waals surface area contributed by atoms with Gasteiger partial charge in [0.2, 0.25) is 0 Å². The number of amides is 2. The molecule has 0 radical (unpaired) electrons. The van der Waals surface area contributed by atoms with Gasteiger partial charge in [0, 0.05) is 30.4 Å². The molecule has 0 aliphatic carbocycles. The van der Waals surface area contributed by atoms with Crippen molar-refractivity contribution in [3.05, 3.63) is 77.6 Å². The average Bonchev–Trinajstić information content (AvgIpc) is 3.06. The van der Waals surface area contributed by atoms with Crippen molar-refractivity contribution < 1.29 is 14.3 Å². The SMILES string of the molecule is COc1ccc2c(c1)OCCN(C(=O)NC(c1ccccc1)c1cnn(C)c1)C2. The fourth-order valence-electron chi connectivity index (χ4n) is 3.46. The number of rotatable bonds is 4. The Morgan fingerprint density at radius 1 is 1.21 bits per heavy atom. The molecule has 7 heteroatoms.